The molecule has 3 rings (SSSR count). The second kappa shape index (κ2) is 12.7. The van der Waals surface area contributed by atoms with Gasteiger partial charge >= 0.3 is 17.9 Å². The summed E-state index contributed by atoms with van der Waals surface area (Å²) in [4.78, 5) is 34.3. The summed E-state index contributed by atoms with van der Waals surface area (Å²) >= 11 is 1.38. The fraction of sp³-hybridized carbons (Fsp3) is 0.367. The first-order chi connectivity index (χ1) is 17.6. The van der Waals surface area contributed by atoms with Crippen LogP contribution in [0.5, 0.6) is 11.5 Å². The van der Waals surface area contributed by atoms with Gasteiger partial charge in [-0.1, -0.05) is 53.7 Å². The molecular formula is C30H37NO6S. The lowest BCUT2D eigenvalue weighted by molar-refractivity contribution is -0.132. The Labute approximate surface area is 229 Å². The van der Waals surface area contributed by atoms with Crippen LogP contribution in [0.25, 0.3) is 0 Å². The molecule has 0 atom stereocenters. The highest BCUT2D eigenvalue weighted by molar-refractivity contribution is 7.11. The third kappa shape index (κ3) is 9.03. The Balaban J connectivity index is 0.000000474. The zero-order valence-corrected chi connectivity index (χ0v) is 24.4. The molecule has 0 amide bonds. The zero-order chi connectivity index (χ0) is 28.7. The molecule has 0 saturated heterocycles. The number of hydrogen-bond donors (Lipinski definition) is 1. The number of benzene rings is 2. The maximum atomic E-state index is 11.8. The van der Waals surface area contributed by atoms with Gasteiger partial charge in [-0.3, -0.25) is 9.59 Å². The van der Waals surface area contributed by atoms with Crippen molar-refractivity contribution in [2.24, 2.45) is 0 Å². The molecule has 8 heteroatoms. The molecular weight excluding hydrogens is 502 g/mol. The molecule has 0 aliphatic carbocycles. The molecule has 1 N–H and O–H groups in total. The molecule has 2 aromatic carbocycles. The standard InChI is InChI=1S/C24H31NO4.C6H6O2S/c1-15(26)28-19-11-9-10-17(12-19)25-18-13-20(23(3,4)5)22(29-16(2)27)21(14-18)24(6,7)8;1-8-6(7)5-3-2-4-9-5/h9-14,25H,1-8H3;2-4H,1H3. The Hall–Kier alpha value is -3.65. The van der Waals surface area contributed by atoms with Crippen molar-refractivity contribution in [3.05, 3.63) is 69.9 Å². The smallest absolute Gasteiger partial charge is 0.348 e. The molecule has 0 fully saturated rings. The molecule has 38 heavy (non-hydrogen) atoms. The first-order valence-electron chi connectivity index (χ1n) is 12.2. The molecule has 0 saturated carbocycles. The fourth-order valence-electron chi connectivity index (χ4n) is 3.53. The maximum absolute atomic E-state index is 11.8. The summed E-state index contributed by atoms with van der Waals surface area (Å²) in [7, 11) is 1.38. The minimum Gasteiger partial charge on any atom is -0.465 e. The van der Waals surface area contributed by atoms with Gasteiger partial charge in [-0.25, -0.2) is 4.79 Å². The lowest BCUT2D eigenvalue weighted by atomic mass is 9.79. The predicted molar refractivity (Wildman–Crippen MR) is 152 cm³/mol. The van der Waals surface area contributed by atoms with Crippen molar-refractivity contribution >= 4 is 40.6 Å². The van der Waals surface area contributed by atoms with Crippen LogP contribution in [0.4, 0.5) is 11.4 Å². The lowest BCUT2D eigenvalue weighted by Crippen LogP contribution is -2.21. The minimum atomic E-state index is -0.363. The summed E-state index contributed by atoms with van der Waals surface area (Å²) in [5.41, 5.74) is 3.08. The summed E-state index contributed by atoms with van der Waals surface area (Å²) in [5, 5.41) is 5.23. The summed E-state index contributed by atoms with van der Waals surface area (Å²) in [6.07, 6.45) is 0. The molecule has 204 valence electrons. The van der Waals surface area contributed by atoms with Gasteiger partial charge < -0.3 is 19.5 Å². The minimum absolute atomic E-state index is 0.234. The van der Waals surface area contributed by atoms with E-state index in [1.54, 1.807) is 18.2 Å². The van der Waals surface area contributed by atoms with Gasteiger partial charge in [0.2, 0.25) is 0 Å². The highest BCUT2D eigenvalue weighted by Gasteiger charge is 2.29. The average molecular weight is 540 g/mol. The van der Waals surface area contributed by atoms with Crippen LogP contribution in [0.2, 0.25) is 0 Å². The first-order valence-corrected chi connectivity index (χ1v) is 13.0. The van der Waals surface area contributed by atoms with E-state index < -0.39 is 0 Å². The van der Waals surface area contributed by atoms with Gasteiger partial charge in [0.05, 0.1) is 7.11 Å². The Morgan fingerprint density at radius 3 is 1.79 bits per heavy atom. The molecule has 0 radical (unpaired) electrons. The van der Waals surface area contributed by atoms with Gasteiger partial charge in [0.15, 0.2) is 0 Å². The second-order valence-corrected chi connectivity index (χ2v) is 11.7. The van der Waals surface area contributed by atoms with E-state index in [0.717, 1.165) is 22.5 Å². The van der Waals surface area contributed by atoms with Gasteiger partial charge in [0.25, 0.3) is 0 Å². The molecule has 0 bridgehead atoms. The van der Waals surface area contributed by atoms with Crippen LogP contribution >= 0.6 is 11.3 Å². The number of carbonyl (C=O) groups is 3. The molecule has 1 aromatic heterocycles. The quantitative estimate of drug-likeness (QED) is 0.267. The van der Waals surface area contributed by atoms with E-state index >= 15 is 0 Å². The molecule has 0 unspecified atom stereocenters. The highest BCUT2D eigenvalue weighted by atomic mass is 32.1. The molecule has 3 aromatic rings. The number of nitrogens with one attached hydrogen (secondary N) is 1. The fourth-order valence-corrected chi connectivity index (χ4v) is 4.17. The van der Waals surface area contributed by atoms with Gasteiger partial charge in [0.1, 0.15) is 16.4 Å². The van der Waals surface area contributed by atoms with Crippen LogP contribution in [0.1, 0.15) is 76.2 Å². The van der Waals surface area contributed by atoms with Gasteiger partial charge in [-0.2, -0.15) is 0 Å². The number of anilines is 2. The Bertz CT molecular complexity index is 1230. The average Bonchev–Trinajstić information content (AvgIpc) is 3.33. The summed E-state index contributed by atoms with van der Waals surface area (Å²) < 4.78 is 15.3. The van der Waals surface area contributed by atoms with E-state index in [4.69, 9.17) is 9.47 Å². The largest absolute Gasteiger partial charge is 0.465 e. The van der Waals surface area contributed by atoms with E-state index in [1.165, 1.54) is 32.3 Å². The maximum Gasteiger partial charge on any atom is 0.348 e. The van der Waals surface area contributed by atoms with Crippen LogP contribution in [-0.2, 0) is 25.2 Å². The third-order valence-electron chi connectivity index (χ3n) is 5.24. The van der Waals surface area contributed by atoms with Crippen LogP contribution in [-0.4, -0.2) is 25.0 Å². The van der Waals surface area contributed by atoms with Crippen molar-refractivity contribution in [3.8, 4) is 11.5 Å². The van der Waals surface area contributed by atoms with Crippen molar-refractivity contribution in [3.63, 3.8) is 0 Å². The molecule has 0 aliphatic rings. The van der Waals surface area contributed by atoms with Crippen molar-refractivity contribution in [1.82, 2.24) is 0 Å². The van der Waals surface area contributed by atoms with E-state index in [1.807, 2.05) is 35.7 Å². The summed E-state index contributed by atoms with van der Waals surface area (Å²) in [6, 6.07) is 14.8. The first kappa shape index (κ1) is 30.6. The van der Waals surface area contributed by atoms with Crippen molar-refractivity contribution < 1.29 is 28.6 Å². The number of methoxy groups -OCH3 is 1. The van der Waals surface area contributed by atoms with Crippen LogP contribution in [0, 0.1) is 0 Å². The predicted octanol–water partition coefficient (Wildman–Crippen LogP) is 7.41. The SMILES string of the molecule is CC(=O)Oc1cccc(Nc2cc(C(C)(C)C)c(OC(C)=O)c(C(C)(C)C)c2)c1.COC(=O)c1cccs1. The topological polar surface area (TPSA) is 90.9 Å². The van der Waals surface area contributed by atoms with E-state index in [-0.39, 0.29) is 28.7 Å². The molecule has 1 heterocycles. The number of rotatable bonds is 5. The number of hydrogen-bond acceptors (Lipinski definition) is 8. The number of esters is 3. The van der Waals surface area contributed by atoms with E-state index in [2.05, 4.69) is 51.6 Å². The second-order valence-electron chi connectivity index (χ2n) is 10.7. The van der Waals surface area contributed by atoms with Gasteiger partial charge in [-0.15, -0.1) is 11.3 Å². The zero-order valence-electron chi connectivity index (χ0n) is 23.6. The lowest BCUT2D eigenvalue weighted by Gasteiger charge is -2.30. The Kier molecular flexibility index (Phi) is 10.2. The molecule has 0 aliphatic heterocycles. The molecule has 0 spiro atoms. The van der Waals surface area contributed by atoms with Crippen molar-refractivity contribution in [2.75, 3.05) is 12.4 Å². The summed E-state index contributed by atoms with van der Waals surface area (Å²) in [6.45, 7) is 15.3. The van der Waals surface area contributed by atoms with Gasteiger partial charge in [0, 0.05) is 42.4 Å². The van der Waals surface area contributed by atoms with Crippen molar-refractivity contribution in [1.29, 1.82) is 0 Å². The third-order valence-corrected chi connectivity index (χ3v) is 6.09. The number of thiophene rings is 1. The van der Waals surface area contributed by atoms with E-state index in [9.17, 15) is 14.4 Å². The van der Waals surface area contributed by atoms with Crippen LogP contribution in [0.15, 0.2) is 53.9 Å². The van der Waals surface area contributed by atoms with Gasteiger partial charge in [-0.05, 0) is 46.5 Å². The summed E-state index contributed by atoms with van der Waals surface area (Å²) in [5.74, 6) is 0.140. The monoisotopic (exact) mass is 539 g/mol. The Morgan fingerprint density at radius 2 is 1.34 bits per heavy atom. The van der Waals surface area contributed by atoms with Crippen LogP contribution in [0.3, 0.4) is 0 Å². The normalized spacial score (nSPS) is 11.1. The molecule has 7 nitrogen and oxygen atoms in total. The Morgan fingerprint density at radius 1 is 0.763 bits per heavy atom. The number of ether oxygens (including phenoxy) is 3. The van der Waals surface area contributed by atoms with Crippen LogP contribution < -0.4 is 14.8 Å². The highest BCUT2D eigenvalue weighted by Crippen LogP contribution is 2.42. The van der Waals surface area contributed by atoms with Crippen molar-refractivity contribution in [2.45, 2.75) is 66.2 Å². The van der Waals surface area contributed by atoms with E-state index in [0.29, 0.717) is 16.4 Å². The number of carbonyl (C=O) groups excluding carboxylic acids is 3.